The summed E-state index contributed by atoms with van der Waals surface area (Å²) in [5, 5.41) is 0. The van der Waals surface area contributed by atoms with Crippen molar-refractivity contribution in [2.24, 2.45) is 0 Å². The fourth-order valence-electron chi connectivity index (χ4n) is 1.17. The SMILES string of the molecule is C[Si](C)(C)C#CC#CCN1CCOCC1. The van der Waals surface area contributed by atoms with Gasteiger partial charge in [-0.2, -0.15) is 0 Å². The molecule has 1 rings (SSSR count). The van der Waals surface area contributed by atoms with Crippen molar-refractivity contribution in [1.29, 1.82) is 0 Å². The number of ether oxygens (including phenoxy) is 1. The van der Waals surface area contributed by atoms with E-state index in [1.165, 1.54) is 0 Å². The zero-order valence-corrected chi connectivity index (χ0v) is 10.9. The first-order valence-electron chi connectivity index (χ1n) is 5.38. The zero-order chi connectivity index (χ0) is 11.1. The van der Waals surface area contributed by atoms with E-state index in [9.17, 15) is 0 Å². The quantitative estimate of drug-likeness (QED) is 0.487. The van der Waals surface area contributed by atoms with Gasteiger partial charge in [0.25, 0.3) is 0 Å². The average molecular weight is 221 g/mol. The highest BCUT2D eigenvalue weighted by Gasteiger charge is 2.08. The van der Waals surface area contributed by atoms with Gasteiger partial charge in [0.1, 0.15) is 8.07 Å². The number of hydrogen-bond donors (Lipinski definition) is 0. The lowest BCUT2D eigenvalue weighted by atomic mass is 10.4. The first-order chi connectivity index (χ1) is 7.08. The molecule has 0 unspecified atom stereocenters. The Morgan fingerprint density at radius 3 is 2.40 bits per heavy atom. The van der Waals surface area contributed by atoms with E-state index in [2.05, 4.69) is 47.8 Å². The lowest BCUT2D eigenvalue weighted by molar-refractivity contribution is 0.0443. The Kier molecular flexibility index (Phi) is 4.91. The summed E-state index contributed by atoms with van der Waals surface area (Å²) in [7, 11) is -1.24. The Morgan fingerprint density at radius 1 is 1.13 bits per heavy atom. The van der Waals surface area contributed by atoms with Crippen LogP contribution in [0.25, 0.3) is 0 Å². The second-order valence-electron chi connectivity index (χ2n) is 4.69. The molecule has 0 atom stereocenters. The van der Waals surface area contributed by atoms with Crippen LogP contribution in [-0.2, 0) is 4.74 Å². The molecule has 0 bridgehead atoms. The third kappa shape index (κ3) is 6.36. The lowest BCUT2D eigenvalue weighted by Crippen LogP contribution is -2.36. The van der Waals surface area contributed by atoms with Crippen LogP contribution in [0.5, 0.6) is 0 Å². The van der Waals surface area contributed by atoms with Gasteiger partial charge in [0.15, 0.2) is 0 Å². The second-order valence-corrected chi connectivity index (χ2v) is 9.44. The number of nitrogens with zero attached hydrogens (tertiary/aromatic N) is 1. The van der Waals surface area contributed by atoms with E-state index in [1.54, 1.807) is 0 Å². The molecule has 0 saturated carbocycles. The summed E-state index contributed by atoms with van der Waals surface area (Å²) in [6, 6.07) is 0. The highest BCUT2D eigenvalue weighted by molar-refractivity contribution is 6.83. The van der Waals surface area contributed by atoms with Crippen molar-refractivity contribution < 1.29 is 4.74 Å². The molecule has 1 aliphatic heterocycles. The van der Waals surface area contributed by atoms with E-state index in [4.69, 9.17) is 4.74 Å². The molecule has 82 valence electrons. The van der Waals surface area contributed by atoms with Crippen LogP contribution in [0.3, 0.4) is 0 Å². The van der Waals surface area contributed by atoms with E-state index >= 15 is 0 Å². The van der Waals surface area contributed by atoms with Crippen LogP contribution in [0.1, 0.15) is 0 Å². The summed E-state index contributed by atoms with van der Waals surface area (Å²) in [5.74, 6) is 8.98. The summed E-state index contributed by atoms with van der Waals surface area (Å²) < 4.78 is 5.26. The highest BCUT2D eigenvalue weighted by Crippen LogP contribution is 1.96. The minimum Gasteiger partial charge on any atom is -0.379 e. The van der Waals surface area contributed by atoms with Gasteiger partial charge >= 0.3 is 0 Å². The number of rotatable bonds is 1. The summed E-state index contributed by atoms with van der Waals surface area (Å²) in [4.78, 5) is 2.30. The van der Waals surface area contributed by atoms with E-state index in [-0.39, 0.29) is 0 Å². The monoisotopic (exact) mass is 221 g/mol. The average Bonchev–Trinajstić information content (AvgIpc) is 2.17. The van der Waals surface area contributed by atoms with E-state index in [0.717, 1.165) is 32.8 Å². The largest absolute Gasteiger partial charge is 0.379 e. The van der Waals surface area contributed by atoms with Crippen molar-refractivity contribution >= 4 is 8.07 Å². The molecule has 2 nitrogen and oxygen atoms in total. The molecule has 1 fully saturated rings. The smallest absolute Gasteiger partial charge is 0.130 e. The Labute approximate surface area is 94.0 Å². The molecule has 1 aliphatic rings. The minimum atomic E-state index is -1.24. The van der Waals surface area contributed by atoms with Crippen molar-refractivity contribution in [3.8, 4) is 23.3 Å². The molecule has 0 aromatic heterocycles. The predicted octanol–water partition coefficient (Wildman–Crippen LogP) is 1.20. The topological polar surface area (TPSA) is 12.5 Å². The second kappa shape index (κ2) is 5.98. The predicted molar refractivity (Wildman–Crippen MR) is 66.2 cm³/mol. The molecule has 0 aromatic rings. The molecular weight excluding hydrogens is 202 g/mol. The van der Waals surface area contributed by atoms with Gasteiger partial charge in [0.2, 0.25) is 0 Å². The molecular formula is C12H19NOSi. The van der Waals surface area contributed by atoms with Crippen LogP contribution in [0.15, 0.2) is 0 Å². The maximum absolute atomic E-state index is 5.26. The third-order valence-corrected chi connectivity index (χ3v) is 2.87. The number of hydrogen-bond acceptors (Lipinski definition) is 2. The number of morpholine rings is 1. The van der Waals surface area contributed by atoms with Gasteiger partial charge in [-0.1, -0.05) is 25.6 Å². The molecule has 0 N–H and O–H groups in total. The van der Waals surface area contributed by atoms with Crippen LogP contribution >= 0.6 is 0 Å². The van der Waals surface area contributed by atoms with E-state index < -0.39 is 8.07 Å². The summed E-state index contributed by atoms with van der Waals surface area (Å²) >= 11 is 0. The van der Waals surface area contributed by atoms with Crippen molar-refractivity contribution in [2.75, 3.05) is 32.8 Å². The van der Waals surface area contributed by atoms with Gasteiger partial charge in [-0.3, -0.25) is 4.90 Å². The van der Waals surface area contributed by atoms with Gasteiger partial charge in [-0.25, -0.2) is 0 Å². The van der Waals surface area contributed by atoms with Gasteiger partial charge in [0, 0.05) is 13.1 Å². The first-order valence-corrected chi connectivity index (χ1v) is 8.88. The fraction of sp³-hybridized carbons (Fsp3) is 0.667. The lowest BCUT2D eigenvalue weighted by Gasteiger charge is -2.24. The van der Waals surface area contributed by atoms with E-state index in [1.807, 2.05) is 0 Å². The zero-order valence-electron chi connectivity index (χ0n) is 9.89. The molecule has 0 radical (unpaired) electrons. The maximum atomic E-state index is 5.26. The normalized spacial score (nSPS) is 17.3. The van der Waals surface area contributed by atoms with Crippen LogP contribution < -0.4 is 0 Å². The highest BCUT2D eigenvalue weighted by atomic mass is 28.3. The Hall–Kier alpha value is -0.743. The molecule has 3 heteroatoms. The van der Waals surface area contributed by atoms with Crippen LogP contribution in [0.4, 0.5) is 0 Å². The molecule has 15 heavy (non-hydrogen) atoms. The fourth-order valence-corrected chi connectivity index (χ4v) is 1.61. The summed E-state index contributed by atoms with van der Waals surface area (Å²) in [6.45, 7) is 11.2. The van der Waals surface area contributed by atoms with E-state index in [0.29, 0.717) is 0 Å². The third-order valence-electron chi connectivity index (χ3n) is 1.99. The van der Waals surface area contributed by atoms with Crippen LogP contribution in [0.2, 0.25) is 19.6 Å². The summed E-state index contributed by atoms with van der Waals surface area (Å²) in [5.41, 5.74) is 3.23. The standard InChI is InChI=1S/C12H19NOSi/c1-15(2,3)12-6-4-5-7-13-8-10-14-11-9-13/h7-11H2,1-3H3. The molecule has 0 aromatic carbocycles. The van der Waals surface area contributed by atoms with Gasteiger partial charge in [-0.15, -0.1) is 5.54 Å². The maximum Gasteiger partial charge on any atom is 0.130 e. The molecule has 0 amide bonds. The molecule has 1 heterocycles. The molecule has 0 spiro atoms. The van der Waals surface area contributed by atoms with Crippen molar-refractivity contribution in [3.63, 3.8) is 0 Å². The van der Waals surface area contributed by atoms with Gasteiger partial charge < -0.3 is 4.74 Å². The van der Waals surface area contributed by atoms with Crippen molar-refractivity contribution in [2.45, 2.75) is 19.6 Å². The Bertz CT molecular complexity index is 304. The molecule has 0 aliphatic carbocycles. The van der Waals surface area contributed by atoms with Crippen molar-refractivity contribution in [3.05, 3.63) is 0 Å². The minimum absolute atomic E-state index is 0.823. The Balaban J connectivity index is 2.29. The summed E-state index contributed by atoms with van der Waals surface area (Å²) in [6.07, 6.45) is 0. The van der Waals surface area contributed by atoms with Crippen molar-refractivity contribution in [1.82, 2.24) is 4.90 Å². The first kappa shape index (κ1) is 12.3. The van der Waals surface area contributed by atoms with Crippen LogP contribution in [-0.4, -0.2) is 45.8 Å². The van der Waals surface area contributed by atoms with Crippen LogP contribution in [0, 0.1) is 23.3 Å². The molecule has 1 saturated heterocycles. The van der Waals surface area contributed by atoms with Gasteiger partial charge in [0.05, 0.1) is 19.8 Å². The van der Waals surface area contributed by atoms with Gasteiger partial charge in [-0.05, 0) is 11.8 Å². The Morgan fingerprint density at radius 2 is 1.80 bits per heavy atom.